The molecular weight excluding hydrogens is 720 g/mol. The summed E-state index contributed by atoms with van der Waals surface area (Å²) in [5.41, 5.74) is 7.21. The summed E-state index contributed by atoms with van der Waals surface area (Å²) >= 11 is 0. The number of ether oxygens (including phenoxy) is 1. The number of hydrogen-bond acceptors (Lipinski definition) is 7. The molecule has 0 amide bonds. The average molecular weight is 752 g/mol. The molecule has 5 heterocycles. The fraction of sp³-hybridized carbons (Fsp3) is 0.176. The van der Waals surface area contributed by atoms with E-state index in [1.165, 1.54) is 6.66 Å². The van der Waals surface area contributed by atoms with Gasteiger partial charge in [0.05, 0.1) is 28.9 Å². The minimum absolute atomic E-state index is 0. The Hall–Kier alpha value is -3.92. The molecule has 0 aliphatic carbocycles. The molecule has 0 saturated heterocycles. The first kappa shape index (κ1) is 36.4. The minimum Gasteiger partial charge on any atom is -0.657 e. The number of fused-ring (bicyclic) bond motifs is 8. The Morgan fingerprint density at radius 3 is 2.00 bits per heavy atom. The summed E-state index contributed by atoms with van der Waals surface area (Å²) < 4.78 is 29.6. The zero-order valence-corrected chi connectivity index (χ0v) is 31.3. The minimum atomic E-state index is -4.35. The van der Waals surface area contributed by atoms with Crippen molar-refractivity contribution >= 4 is 61.3 Å². The van der Waals surface area contributed by atoms with Gasteiger partial charge in [0, 0.05) is 12.8 Å². The van der Waals surface area contributed by atoms with Gasteiger partial charge >= 0.3 is 33.0 Å². The molecule has 4 aromatic rings. The van der Waals surface area contributed by atoms with Crippen LogP contribution in [0.3, 0.4) is 0 Å². The SMILES string of the molecule is C=C(OO)Oc1ccc(-c2c3nc(cc4ccc([n-]4)c(C(CCP(C)(=O)O)CCP(=O)(O)O)c4nc(cc5ccc2[n-]5)C=C4)C=C3)cc1.[Zn+2]. The zero-order valence-electron chi connectivity index (χ0n) is 26.5. The third-order valence-electron chi connectivity index (χ3n) is 7.85. The third kappa shape index (κ3) is 9.21. The first-order valence-corrected chi connectivity index (χ1v) is 19.0. The molecule has 3 aromatic heterocycles. The summed E-state index contributed by atoms with van der Waals surface area (Å²) in [6.07, 6.45) is 7.29. The molecule has 0 fully saturated rings. The Kier molecular flexibility index (Phi) is 11.1. The molecule has 0 spiro atoms. The van der Waals surface area contributed by atoms with E-state index in [9.17, 15) is 23.8 Å². The quantitative estimate of drug-likeness (QED) is 0.0355. The van der Waals surface area contributed by atoms with Gasteiger partial charge in [-0.2, -0.15) is 5.26 Å². The van der Waals surface area contributed by atoms with Crippen LogP contribution < -0.4 is 14.7 Å². The molecule has 12 nitrogen and oxygen atoms in total. The van der Waals surface area contributed by atoms with Crippen molar-refractivity contribution in [2.24, 2.45) is 0 Å². The van der Waals surface area contributed by atoms with E-state index in [-0.39, 0.29) is 50.6 Å². The van der Waals surface area contributed by atoms with Crippen molar-refractivity contribution in [2.75, 3.05) is 19.0 Å². The van der Waals surface area contributed by atoms with E-state index < -0.39 is 20.9 Å². The van der Waals surface area contributed by atoms with Crippen molar-refractivity contribution in [2.45, 2.75) is 18.8 Å². The van der Waals surface area contributed by atoms with Crippen LogP contribution in [0.1, 0.15) is 47.1 Å². The first-order chi connectivity index (χ1) is 22.8. The summed E-state index contributed by atoms with van der Waals surface area (Å²) in [5.74, 6) is -0.349. The monoisotopic (exact) mass is 750 g/mol. The Balaban J connectivity index is 0.00000468. The van der Waals surface area contributed by atoms with Crippen molar-refractivity contribution in [1.82, 2.24) is 19.9 Å². The Morgan fingerprint density at radius 1 is 0.816 bits per heavy atom. The van der Waals surface area contributed by atoms with Gasteiger partial charge in [0.25, 0.3) is 0 Å². The van der Waals surface area contributed by atoms with Crippen LogP contribution in [0.15, 0.2) is 73.2 Å². The molecule has 6 rings (SSSR count). The van der Waals surface area contributed by atoms with Gasteiger partial charge < -0.3 is 34.3 Å². The maximum absolute atomic E-state index is 12.3. The first-order valence-electron chi connectivity index (χ1n) is 15.0. The number of nitrogens with zero attached hydrogens (tertiary/aromatic N) is 4. The second-order valence-corrected chi connectivity index (χ2v) is 16.0. The van der Waals surface area contributed by atoms with Crippen LogP contribution in [0.25, 0.3) is 57.5 Å². The molecule has 2 aliphatic heterocycles. The van der Waals surface area contributed by atoms with E-state index >= 15 is 0 Å². The largest absolute Gasteiger partial charge is 2.00 e. The van der Waals surface area contributed by atoms with Crippen LogP contribution in [0.2, 0.25) is 0 Å². The molecule has 1 aromatic carbocycles. The zero-order chi connectivity index (χ0) is 34.1. The number of benzene rings is 1. The molecular formula is C34H32N4O8P2Zn. The Morgan fingerprint density at radius 2 is 1.39 bits per heavy atom. The van der Waals surface area contributed by atoms with E-state index in [1.807, 2.05) is 72.8 Å². The van der Waals surface area contributed by atoms with Crippen LogP contribution in [0.5, 0.6) is 5.75 Å². The van der Waals surface area contributed by atoms with Gasteiger partial charge in [-0.3, -0.25) is 9.13 Å². The molecule has 8 bridgehead atoms. The molecule has 2 unspecified atom stereocenters. The predicted molar refractivity (Wildman–Crippen MR) is 185 cm³/mol. The topological polar surface area (TPSA) is 187 Å². The maximum Gasteiger partial charge on any atom is 2.00 e. The fourth-order valence-corrected chi connectivity index (χ4v) is 7.12. The summed E-state index contributed by atoms with van der Waals surface area (Å²) in [5, 5.41) is 8.77. The molecule has 15 heteroatoms. The molecule has 4 N–H and O–H groups in total. The molecule has 2 atom stereocenters. The van der Waals surface area contributed by atoms with Gasteiger partial charge in [0.2, 0.25) is 0 Å². The summed E-state index contributed by atoms with van der Waals surface area (Å²) in [6, 6.07) is 18.2. The second kappa shape index (κ2) is 14.9. The molecule has 248 valence electrons. The van der Waals surface area contributed by atoms with Crippen molar-refractivity contribution in [3.8, 4) is 16.9 Å². The van der Waals surface area contributed by atoms with Gasteiger partial charge in [-0.25, -0.2) is 9.97 Å². The van der Waals surface area contributed by atoms with E-state index in [2.05, 4.69) is 11.5 Å². The van der Waals surface area contributed by atoms with Crippen molar-refractivity contribution in [3.63, 3.8) is 0 Å². The normalized spacial score (nSPS) is 14.1. The molecule has 2 aliphatic rings. The summed E-state index contributed by atoms with van der Waals surface area (Å²) in [7, 11) is -7.76. The average Bonchev–Trinajstić information content (AvgIpc) is 3.85. The van der Waals surface area contributed by atoms with Crippen LogP contribution in [-0.2, 0) is 33.5 Å². The number of hydrogen-bond donors (Lipinski definition) is 4. The fourth-order valence-electron chi connectivity index (χ4n) is 5.68. The maximum atomic E-state index is 12.3. The van der Waals surface area contributed by atoms with Gasteiger partial charge in [-0.15, -0.1) is 22.1 Å². The second-order valence-electron chi connectivity index (χ2n) is 11.6. The van der Waals surface area contributed by atoms with Crippen LogP contribution >= 0.6 is 15.0 Å². The van der Waals surface area contributed by atoms with E-state index in [1.54, 1.807) is 12.1 Å². The summed E-state index contributed by atoms with van der Waals surface area (Å²) in [4.78, 5) is 53.0. The van der Waals surface area contributed by atoms with Gasteiger partial charge in [-0.1, -0.05) is 48.5 Å². The third-order valence-corrected chi connectivity index (χ3v) is 9.78. The smallest absolute Gasteiger partial charge is 0.657 e. The van der Waals surface area contributed by atoms with Gasteiger partial charge in [-0.05, 0) is 78.5 Å². The van der Waals surface area contributed by atoms with Gasteiger partial charge in [0.1, 0.15) is 5.75 Å². The van der Waals surface area contributed by atoms with E-state index in [0.717, 1.165) is 11.1 Å². The van der Waals surface area contributed by atoms with Crippen molar-refractivity contribution in [1.29, 1.82) is 0 Å². The van der Waals surface area contributed by atoms with Crippen LogP contribution in [0, 0.1) is 0 Å². The van der Waals surface area contributed by atoms with Crippen molar-refractivity contribution in [3.05, 3.63) is 102 Å². The van der Waals surface area contributed by atoms with Gasteiger partial charge in [0.15, 0.2) is 7.37 Å². The molecule has 49 heavy (non-hydrogen) atoms. The van der Waals surface area contributed by atoms with E-state index in [4.69, 9.17) is 29.9 Å². The Labute approximate surface area is 294 Å². The van der Waals surface area contributed by atoms with Crippen LogP contribution in [0.4, 0.5) is 0 Å². The predicted octanol–water partition coefficient (Wildman–Crippen LogP) is 6.86. The number of rotatable bonds is 11. The standard InChI is InChI=1S/C34H32N4O8P2.Zn/c1-21(46-39)45-28-9-3-22(4-10-28)33-29-11-5-24(35-29)19-26-7-13-31(37-26)34(23(15-17-47(2,40)41)16-18-48(42,43)44)32-14-8-27(38-32)20-25-6-12-30(33)36-25;/h3-14,19-20,23,39H,1,15-18H2,2H3,(H,40,41)(H2,42,43,44);/q-2;+2. The Bertz CT molecular complexity index is 2170. The van der Waals surface area contributed by atoms with Crippen molar-refractivity contribution < 1.29 is 58.2 Å². The molecule has 0 radical (unpaired) electrons. The van der Waals surface area contributed by atoms with E-state index in [0.29, 0.717) is 56.2 Å². The molecule has 0 saturated carbocycles. The number of aromatic nitrogens is 4. The van der Waals surface area contributed by atoms with Crippen LogP contribution in [-0.4, -0.2) is 48.9 Å². The summed E-state index contributed by atoms with van der Waals surface area (Å²) in [6.45, 7) is 4.73.